The molecule has 1 aromatic carbocycles. The quantitative estimate of drug-likeness (QED) is 0.672. The average molecular weight is 191 g/mol. The first-order valence-corrected chi connectivity index (χ1v) is 5.07. The van der Waals surface area contributed by atoms with E-state index in [0.29, 0.717) is 0 Å². The summed E-state index contributed by atoms with van der Waals surface area (Å²) in [5, 5.41) is 1.88. The molecule has 0 atom stereocenters. The van der Waals surface area contributed by atoms with Crippen molar-refractivity contribution in [2.24, 2.45) is 5.84 Å². The van der Waals surface area contributed by atoms with Crippen LogP contribution in [-0.2, 0) is 0 Å². The van der Waals surface area contributed by atoms with Crippen molar-refractivity contribution in [1.82, 2.24) is 5.01 Å². The van der Waals surface area contributed by atoms with Crippen molar-refractivity contribution in [2.45, 2.75) is 6.92 Å². The number of nitrogens with zero attached hydrogens (tertiary/aromatic N) is 2. The van der Waals surface area contributed by atoms with Gasteiger partial charge in [0.15, 0.2) is 0 Å². The zero-order valence-electron chi connectivity index (χ0n) is 8.61. The van der Waals surface area contributed by atoms with Crippen LogP contribution in [0.5, 0.6) is 0 Å². The molecule has 1 aliphatic heterocycles. The zero-order valence-corrected chi connectivity index (χ0v) is 8.61. The highest BCUT2D eigenvalue weighted by atomic mass is 15.4. The summed E-state index contributed by atoms with van der Waals surface area (Å²) >= 11 is 0. The normalized spacial score (nSPS) is 18.6. The van der Waals surface area contributed by atoms with Gasteiger partial charge in [-0.1, -0.05) is 12.1 Å². The van der Waals surface area contributed by atoms with Crippen LogP contribution in [0.15, 0.2) is 24.3 Å². The highest BCUT2D eigenvalue weighted by molar-refractivity contribution is 5.48. The molecule has 2 N–H and O–H groups in total. The number of piperazine rings is 1. The van der Waals surface area contributed by atoms with Crippen LogP contribution in [0.4, 0.5) is 5.69 Å². The smallest absolute Gasteiger partial charge is 0.0369 e. The summed E-state index contributed by atoms with van der Waals surface area (Å²) in [6.07, 6.45) is 0. The van der Waals surface area contributed by atoms with Crippen LogP contribution in [0, 0.1) is 6.92 Å². The molecule has 3 heteroatoms. The van der Waals surface area contributed by atoms with Crippen LogP contribution < -0.4 is 10.7 Å². The van der Waals surface area contributed by atoms with Gasteiger partial charge in [-0.15, -0.1) is 0 Å². The van der Waals surface area contributed by atoms with Gasteiger partial charge in [-0.2, -0.15) is 0 Å². The third-order valence-corrected chi connectivity index (χ3v) is 2.68. The Balaban J connectivity index is 2.08. The number of aryl methyl sites for hydroxylation is 1. The van der Waals surface area contributed by atoms with Gasteiger partial charge in [0.1, 0.15) is 0 Å². The fourth-order valence-electron chi connectivity index (χ4n) is 1.80. The van der Waals surface area contributed by atoms with Crippen molar-refractivity contribution in [1.29, 1.82) is 0 Å². The Morgan fingerprint density at radius 1 is 1.14 bits per heavy atom. The van der Waals surface area contributed by atoms with Gasteiger partial charge in [-0.3, -0.25) is 5.84 Å². The second-order valence-corrected chi connectivity index (χ2v) is 3.86. The maximum atomic E-state index is 5.71. The van der Waals surface area contributed by atoms with Crippen molar-refractivity contribution < 1.29 is 0 Å². The van der Waals surface area contributed by atoms with Crippen LogP contribution in [0.2, 0.25) is 0 Å². The molecular weight excluding hydrogens is 174 g/mol. The monoisotopic (exact) mass is 191 g/mol. The molecule has 0 unspecified atom stereocenters. The van der Waals surface area contributed by atoms with Crippen LogP contribution in [0.1, 0.15) is 5.56 Å². The molecule has 0 amide bonds. The predicted octanol–water partition coefficient (Wildman–Crippen LogP) is 0.991. The van der Waals surface area contributed by atoms with Gasteiger partial charge < -0.3 is 4.90 Å². The van der Waals surface area contributed by atoms with Crippen LogP contribution in [0.3, 0.4) is 0 Å². The molecule has 0 saturated carbocycles. The molecule has 0 bridgehead atoms. The van der Waals surface area contributed by atoms with E-state index in [1.807, 2.05) is 5.01 Å². The summed E-state index contributed by atoms with van der Waals surface area (Å²) in [4.78, 5) is 2.39. The maximum absolute atomic E-state index is 5.71. The Morgan fingerprint density at radius 2 is 1.86 bits per heavy atom. The molecule has 0 aliphatic carbocycles. The number of hydrogen-bond acceptors (Lipinski definition) is 3. The number of hydrogen-bond donors (Lipinski definition) is 1. The van der Waals surface area contributed by atoms with Gasteiger partial charge in [-0.25, -0.2) is 5.01 Å². The van der Waals surface area contributed by atoms with E-state index < -0.39 is 0 Å². The van der Waals surface area contributed by atoms with E-state index in [2.05, 4.69) is 36.1 Å². The first-order valence-electron chi connectivity index (χ1n) is 5.07. The lowest BCUT2D eigenvalue weighted by Gasteiger charge is -2.33. The van der Waals surface area contributed by atoms with Gasteiger partial charge in [0, 0.05) is 31.9 Å². The predicted molar refractivity (Wildman–Crippen MR) is 59.2 cm³/mol. The zero-order chi connectivity index (χ0) is 9.97. The fraction of sp³-hybridized carbons (Fsp3) is 0.455. The number of rotatable bonds is 1. The summed E-state index contributed by atoms with van der Waals surface area (Å²) < 4.78 is 0. The highest BCUT2D eigenvalue weighted by Crippen LogP contribution is 2.16. The summed E-state index contributed by atoms with van der Waals surface area (Å²) in [5.41, 5.74) is 2.63. The average Bonchev–Trinajstić information content (AvgIpc) is 2.19. The molecule has 2 rings (SSSR count). The van der Waals surface area contributed by atoms with Crippen molar-refractivity contribution in [3.05, 3.63) is 29.8 Å². The first-order chi connectivity index (χ1) is 6.75. The Bertz CT molecular complexity index is 303. The first kappa shape index (κ1) is 9.49. The minimum absolute atomic E-state index is 0.952. The van der Waals surface area contributed by atoms with Gasteiger partial charge in [-0.05, 0) is 24.6 Å². The number of anilines is 1. The molecular formula is C11H17N3. The molecule has 76 valence electrons. The van der Waals surface area contributed by atoms with E-state index in [-0.39, 0.29) is 0 Å². The van der Waals surface area contributed by atoms with E-state index in [4.69, 9.17) is 5.84 Å². The Morgan fingerprint density at radius 3 is 2.50 bits per heavy atom. The van der Waals surface area contributed by atoms with E-state index in [9.17, 15) is 0 Å². The van der Waals surface area contributed by atoms with E-state index >= 15 is 0 Å². The molecule has 1 aliphatic rings. The number of nitrogens with two attached hydrogens (primary N) is 1. The SMILES string of the molecule is Cc1cccc(N2CCN(N)CC2)c1. The summed E-state index contributed by atoms with van der Waals surface area (Å²) in [6.45, 7) is 6.09. The molecule has 1 aromatic rings. The van der Waals surface area contributed by atoms with Gasteiger partial charge in [0.25, 0.3) is 0 Å². The summed E-state index contributed by atoms with van der Waals surface area (Å²) in [5.74, 6) is 5.71. The molecule has 3 nitrogen and oxygen atoms in total. The Hall–Kier alpha value is -1.06. The Kier molecular flexibility index (Phi) is 2.70. The van der Waals surface area contributed by atoms with Crippen molar-refractivity contribution in [2.75, 3.05) is 31.1 Å². The van der Waals surface area contributed by atoms with Crippen molar-refractivity contribution >= 4 is 5.69 Å². The minimum atomic E-state index is 0.952. The molecule has 1 saturated heterocycles. The molecule has 14 heavy (non-hydrogen) atoms. The second kappa shape index (κ2) is 3.98. The lowest BCUT2D eigenvalue weighted by molar-refractivity contribution is 0.266. The topological polar surface area (TPSA) is 32.5 Å². The van der Waals surface area contributed by atoms with Gasteiger partial charge in [0.05, 0.1) is 0 Å². The fourth-order valence-corrected chi connectivity index (χ4v) is 1.80. The summed E-state index contributed by atoms with van der Waals surface area (Å²) in [7, 11) is 0. The van der Waals surface area contributed by atoms with Crippen molar-refractivity contribution in [3.8, 4) is 0 Å². The highest BCUT2D eigenvalue weighted by Gasteiger charge is 2.14. The second-order valence-electron chi connectivity index (χ2n) is 3.86. The molecule has 0 aromatic heterocycles. The van der Waals surface area contributed by atoms with Gasteiger partial charge >= 0.3 is 0 Å². The van der Waals surface area contributed by atoms with E-state index in [1.165, 1.54) is 11.3 Å². The van der Waals surface area contributed by atoms with Crippen LogP contribution in [-0.4, -0.2) is 31.2 Å². The maximum Gasteiger partial charge on any atom is 0.0369 e. The lowest BCUT2D eigenvalue weighted by Crippen LogP contribution is -2.49. The summed E-state index contributed by atoms with van der Waals surface area (Å²) in [6, 6.07) is 8.63. The molecule has 1 heterocycles. The van der Waals surface area contributed by atoms with Crippen molar-refractivity contribution in [3.63, 3.8) is 0 Å². The molecule has 0 spiro atoms. The Labute approximate surface area is 85.1 Å². The third-order valence-electron chi connectivity index (χ3n) is 2.68. The largest absolute Gasteiger partial charge is 0.369 e. The molecule has 0 radical (unpaired) electrons. The van der Waals surface area contributed by atoms with E-state index in [0.717, 1.165) is 26.2 Å². The van der Waals surface area contributed by atoms with Gasteiger partial charge in [0.2, 0.25) is 0 Å². The minimum Gasteiger partial charge on any atom is -0.369 e. The van der Waals surface area contributed by atoms with Crippen LogP contribution >= 0.6 is 0 Å². The number of hydrazine groups is 1. The van der Waals surface area contributed by atoms with Crippen LogP contribution in [0.25, 0.3) is 0 Å². The number of benzene rings is 1. The third kappa shape index (κ3) is 2.05. The standard InChI is InChI=1S/C11H17N3/c1-10-3-2-4-11(9-10)13-5-7-14(12)8-6-13/h2-4,9H,5-8,12H2,1H3. The molecule has 1 fully saturated rings. The van der Waals surface area contributed by atoms with E-state index in [1.54, 1.807) is 0 Å². The lowest BCUT2D eigenvalue weighted by atomic mass is 10.2.